The number of hydrogen-bond acceptors (Lipinski definition) is 5. The van der Waals surface area contributed by atoms with E-state index in [0.29, 0.717) is 0 Å². The van der Waals surface area contributed by atoms with Crippen LogP contribution in [0.4, 0.5) is 11.4 Å². The molecule has 1 heterocycles. The topological polar surface area (TPSA) is 81.8 Å². The van der Waals surface area contributed by atoms with Crippen LogP contribution in [0.15, 0.2) is 59.5 Å². The van der Waals surface area contributed by atoms with E-state index in [1.807, 2.05) is 24.3 Å². The number of para-hydroxylation sites is 2. The highest BCUT2D eigenvalue weighted by atomic mass is 32.2. The summed E-state index contributed by atoms with van der Waals surface area (Å²) in [4.78, 5) is 17.4. The minimum atomic E-state index is -3.47. The minimum absolute atomic E-state index is 0.184. The lowest BCUT2D eigenvalue weighted by Crippen LogP contribution is -2.46. The van der Waals surface area contributed by atoms with Crippen molar-refractivity contribution in [3.63, 3.8) is 0 Å². The number of likely N-dealkylation sites (N-methyl/N-ethyl adjacent to an activating group) is 1. The molecular weight excluding hydrogens is 400 g/mol. The van der Waals surface area contributed by atoms with Gasteiger partial charge in [-0.2, -0.15) is 0 Å². The Morgan fingerprint density at radius 3 is 2.33 bits per heavy atom. The molecule has 1 aliphatic rings. The monoisotopic (exact) mass is 428 g/mol. The maximum Gasteiger partial charge on any atom is 0.248 e. The summed E-state index contributed by atoms with van der Waals surface area (Å²) in [7, 11) is -2.10. The molecule has 1 aliphatic heterocycles. The molecule has 0 aliphatic carbocycles. The quantitative estimate of drug-likeness (QED) is 0.662. The second kappa shape index (κ2) is 9.88. The summed E-state index contributed by atoms with van der Waals surface area (Å²) in [6.45, 7) is 7.11. The average Bonchev–Trinajstić information content (AvgIpc) is 2.78. The van der Waals surface area contributed by atoms with Gasteiger partial charge in [0.15, 0.2) is 0 Å². The number of sulfonamides is 1. The zero-order valence-corrected chi connectivity index (χ0v) is 18.2. The van der Waals surface area contributed by atoms with Crippen LogP contribution >= 0.6 is 0 Å². The van der Waals surface area contributed by atoms with Crippen LogP contribution in [0.3, 0.4) is 0 Å². The lowest BCUT2D eigenvalue weighted by molar-refractivity contribution is -0.111. The van der Waals surface area contributed by atoms with E-state index >= 15 is 0 Å². The molecule has 0 bridgehead atoms. The van der Waals surface area contributed by atoms with Crippen molar-refractivity contribution >= 4 is 33.4 Å². The molecule has 2 aromatic carbocycles. The van der Waals surface area contributed by atoms with Gasteiger partial charge in [-0.3, -0.25) is 4.79 Å². The van der Waals surface area contributed by atoms with Crippen molar-refractivity contribution in [2.24, 2.45) is 0 Å². The third-order valence-corrected chi connectivity index (χ3v) is 6.64. The number of carbonyl (C=O) groups is 1. The molecule has 30 heavy (non-hydrogen) atoms. The van der Waals surface area contributed by atoms with Gasteiger partial charge in [-0.1, -0.05) is 31.2 Å². The third-order valence-electron chi connectivity index (χ3n) is 5.21. The van der Waals surface area contributed by atoms with E-state index in [1.54, 1.807) is 18.2 Å². The second-order valence-corrected chi connectivity index (χ2v) is 8.92. The fourth-order valence-electron chi connectivity index (χ4n) is 3.38. The molecule has 2 N–H and O–H groups in total. The van der Waals surface area contributed by atoms with Crippen molar-refractivity contribution in [3.05, 3.63) is 60.2 Å². The highest BCUT2D eigenvalue weighted by Crippen LogP contribution is 2.26. The Morgan fingerprint density at radius 1 is 1.03 bits per heavy atom. The Labute approximate surface area is 178 Å². The predicted octanol–water partition coefficient (Wildman–Crippen LogP) is 2.39. The van der Waals surface area contributed by atoms with Crippen LogP contribution in [-0.4, -0.2) is 59.0 Å². The first-order chi connectivity index (χ1) is 14.4. The normalized spacial score (nSPS) is 15.5. The summed E-state index contributed by atoms with van der Waals surface area (Å²) in [5, 5.41) is 2.96. The average molecular weight is 429 g/mol. The van der Waals surface area contributed by atoms with E-state index in [-0.39, 0.29) is 10.8 Å². The number of anilines is 2. The van der Waals surface area contributed by atoms with Crippen LogP contribution in [0.2, 0.25) is 0 Å². The molecule has 2 aromatic rings. The van der Waals surface area contributed by atoms with Gasteiger partial charge in [0, 0.05) is 32.3 Å². The number of piperazine rings is 1. The van der Waals surface area contributed by atoms with E-state index in [0.717, 1.165) is 49.7 Å². The van der Waals surface area contributed by atoms with Crippen molar-refractivity contribution in [2.45, 2.75) is 11.8 Å². The summed E-state index contributed by atoms with van der Waals surface area (Å²) in [5.41, 5.74) is 2.55. The van der Waals surface area contributed by atoms with E-state index in [4.69, 9.17) is 0 Å². The highest BCUT2D eigenvalue weighted by Gasteiger charge is 2.18. The van der Waals surface area contributed by atoms with Gasteiger partial charge >= 0.3 is 0 Å². The van der Waals surface area contributed by atoms with Gasteiger partial charge in [-0.25, -0.2) is 13.1 Å². The van der Waals surface area contributed by atoms with Gasteiger partial charge in [0.2, 0.25) is 15.9 Å². The minimum Gasteiger partial charge on any atom is -0.367 e. The zero-order chi connectivity index (χ0) is 21.6. The number of nitrogens with one attached hydrogen (secondary N) is 2. The summed E-state index contributed by atoms with van der Waals surface area (Å²) >= 11 is 0. The van der Waals surface area contributed by atoms with Crippen LogP contribution in [0.25, 0.3) is 6.08 Å². The Kier molecular flexibility index (Phi) is 7.25. The van der Waals surface area contributed by atoms with Crippen molar-refractivity contribution in [3.8, 4) is 0 Å². The van der Waals surface area contributed by atoms with Crippen LogP contribution in [0, 0.1) is 0 Å². The number of nitrogens with zero attached hydrogens (tertiary/aromatic N) is 2. The number of amides is 1. The Hall–Kier alpha value is -2.68. The van der Waals surface area contributed by atoms with Gasteiger partial charge in [0.1, 0.15) is 0 Å². The van der Waals surface area contributed by atoms with Gasteiger partial charge in [-0.05, 0) is 49.5 Å². The zero-order valence-electron chi connectivity index (χ0n) is 17.3. The van der Waals surface area contributed by atoms with E-state index in [9.17, 15) is 13.2 Å². The molecule has 1 amide bonds. The SMILES string of the molecule is CCN1CCN(c2ccccc2NC(=O)/C=C/c2ccc(S(=O)(=O)NC)cc2)CC1. The Balaban J connectivity index is 1.65. The van der Waals surface area contributed by atoms with E-state index in [1.165, 1.54) is 25.3 Å². The molecule has 1 saturated heterocycles. The molecule has 0 atom stereocenters. The maximum absolute atomic E-state index is 12.5. The molecule has 7 nitrogen and oxygen atoms in total. The van der Waals surface area contributed by atoms with Crippen molar-refractivity contribution in [1.82, 2.24) is 9.62 Å². The van der Waals surface area contributed by atoms with E-state index in [2.05, 4.69) is 26.8 Å². The fourth-order valence-corrected chi connectivity index (χ4v) is 4.11. The number of carbonyl (C=O) groups excluding carboxylic acids is 1. The van der Waals surface area contributed by atoms with Crippen LogP contribution < -0.4 is 14.9 Å². The first-order valence-electron chi connectivity index (χ1n) is 10.0. The molecule has 0 saturated carbocycles. The van der Waals surface area contributed by atoms with Gasteiger partial charge in [0.25, 0.3) is 0 Å². The summed E-state index contributed by atoms with van der Waals surface area (Å²) < 4.78 is 25.8. The summed E-state index contributed by atoms with van der Waals surface area (Å²) in [6.07, 6.45) is 3.11. The molecular formula is C22H28N4O3S. The molecule has 3 rings (SSSR count). The molecule has 1 fully saturated rings. The largest absolute Gasteiger partial charge is 0.367 e. The van der Waals surface area contributed by atoms with Crippen LogP contribution in [0.5, 0.6) is 0 Å². The second-order valence-electron chi connectivity index (χ2n) is 7.04. The van der Waals surface area contributed by atoms with Crippen molar-refractivity contribution in [1.29, 1.82) is 0 Å². The lowest BCUT2D eigenvalue weighted by Gasteiger charge is -2.36. The summed E-state index contributed by atoms with van der Waals surface area (Å²) in [6, 6.07) is 14.2. The van der Waals surface area contributed by atoms with Crippen LogP contribution in [0.1, 0.15) is 12.5 Å². The third kappa shape index (κ3) is 5.47. The number of rotatable bonds is 7. The molecule has 0 aromatic heterocycles. The first kappa shape index (κ1) is 22.0. The van der Waals surface area contributed by atoms with Crippen LogP contribution in [-0.2, 0) is 14.8 Å². The number of benzene rings is 2. The van der Waals surface area contributed by atoms with Gasteiger partial charge in [-0.15, -0.1) is 0 Å². The van der Waals surface area contributed by atoms with Gasteiger partial charge < -0.3 is 15.1 Å². The Bertz CT molecular complexity index is 995. The summed E-state index contributed by atoms with van der Waals surface area (Å²) in [5.74, 6) is -0.235. The van der Waals surface area contributed by atoms with Crippen molar-refractivity contribution in [2.75, 3.05) is 50.0 Å². The van der Waals surface area contributed by atoms with Gasteiger partial charge in [0.05, 0.1) is 16.3 Å². The lowest BCUT2D eigenvalue weighted by atomic mass is 10.2. The first-order valence-corrected chi connectivity index (χ1v) is 11.5. The molecule has 0 radical (unpaired) electrons. The molecule has 0 unspecified atom stereocenters. The standard InChI is InChI=1S/C22H28N4O3S/c1-3-25-14-16-26(17-15-25)21-7-5-4-6-20(21)24-22(27)13-10-18-8-11-19(12-9-18)30(28,29)23-2/h4-13,23H,3,14-17H2,1-2H3,(H,24,27)/b13-10+. The maximum atomic E-state index is 12.5. The molecule has 160 valence electrons. The smallest absolute Gasteiger partial charge is 0.248 e. The van der Waals surface area contributed by atoms with Crippen molar-refractivity contribution < 1.29 is 13.2 Å². The fraction of sp³-hybridized carbons (Fsp3) is 0.318. The highest BCUT2D eigenvalue weighted by molar-refractivity contribution is 7.89. The molecule has 8 heteroatoms. The number of hydrogen-bond donors (Lipinski definition) is 2. The predicted molar refractivity (Wildman–Crippen MR) is 121 cm³/mol. The van der Waals surface area contributed by atoms with E-state index < -0.39 is 10.0 Å². The Morgan fingerprint density at radius 2 is 1.70 bits per heavy atom. The molecule has 0 spiro atoms.